The van der Waals surface area contributed by atoms with Gasteiger partial charge in [0.05, 0.1) is 17.2 Å². The topological polar surface area (TPSA) is 60.2 Å². The summed E-state index contributed by atoms with van der Waals surface area (Å²) in [5, 5.41) is 1.13. The molecular weight excluding hydrogens is 238 g/mol. The Bertz CT molecular complexity index is 570. The summed E-state index contributed by atoms with van der Waals surface area (Å²) in [6, 6.07) is 10.2. The highest BCUT2D eigenvalue weighted by Gasteiger charge is 2.45. The van der Waals surface area contributed by atoms with Crippen LogP contribution in [-0.2, 0) is 4.74 Å². The van der Waals surface area contributed by atoms with Crippen LogP contribution in [0.4, 0.5) is 0 Å². The Hall–Kier alpha value is -1.49. The summed E-state index contributed by atoms with van der Waals surface area (Å²) in [5.74, 6) is 5.81. The summed E-state index contributed by atoms with van der Waals surface area (Å²) in [7, 11) is 1.77. The van der Waals surface area contributed by atoms with Gasteiger partial charge in [-0.3, -0.25) is 10.8 Å². The third kappa shape index (κ3) is 1.92. The third-order valence-corrected chi connectivity index (χ3v) is 4.27. The number of hydrogen-bond donors (Lipinski definition) is 2. The van der Waals surface area contributed by atoms with Crippen LogP contribution in [-0.4, -0.2) is 17.7 Å². The first-order chi connectivity index (χ1) is 9.30. The van der Waals surface area contributed by atoms with E-state index < -0.39 is 0 Å². The standard InChI is InChI=1S/C15H19N3O/c1-19-15(8-4-9-15)14(18-16)12-7-2-5-11-6-3-10-17-13(11)12/h2-3,5-7,10,14,18H,4,8-9,16H2,1H3. The van der Waals surface area contributed by atoms with Gasteiger partial charge in [-0.1, -0.05) is 24.3 Å². The molecule has 1 aromatic carbocycles. The van der Waals surface area contributed by atoms with Gasteiger partial charge in [-0.15, -0.1) is 0 Å². The molecule has 1 atom stereocenters. The van der Waals surface area contributed by atoms with E-state index in [1.165, 1.54) is 6.42 Å². The fourth-order valence-electron chi connectivity index (χ4n) is 3.02. The van der Waals surface area contributed by atoms with E-state index in [9.17, 15) is 0 Å². The molecule has 2 aromatic rings. The second kappa shape index (κ2) is 4.89. The van der Waals surface area contributed by atoms with Crippen molar-refractivity contribution in [1.82, 2.24) is 10.4 Å². The average molecular weight is 257 g/mol. The summed E-state index contributed by atoms with van der Waals surface area (Å²) >= 11 is 0. The van der Waals surface area contributed by atoms with E-state index in [0.29, 0.717) is 0 Å². The van der Waals surface area contributed by atoms with Gasteiger partial charge < -0.3 is 4.74 Å². The number of rotatable bonds is 4. The van der Waals surface area contributed by atoms with Gasteiger partial charge in [0.15, 0.2) is 0 Å². The van der Waals surface area contributed by atoms with Crippen molar-refractivity contribution in [3.8, 4) is 0 Å². The molecule has 1 aromatic heterocycles. The van der Waals surface area contributed by atoms with Crippen molar-refractivity contribution in [3.05, 3.63) is 42.1 Å². The Labute approximate surface area is 112 Å². The number of hydrogen-bond acceptors (Lipinski definition) is 4. The molecule has 100 valence electrons. The second-order valence-electron chi connectivity index (χ2n) is 5.14. The number of methoxy groups -OCH3 is 1. The Balaban J connectivity index is 2.11. The van der Waals surface area contributed by atoms with Crippen LogP contribution >= 0.6 is 0 Å². The van der Waals surface area contributed by atoms with E-state index >= 15 is 0 Å². The number of hydrazine groups is 1. The molecule has 4 heteroatoms. The predicted molar refractivity (Wildman–Crippen MR) is 75.4 cm³/mol. The minimum Gasteiger partial charge on any atom is -0.376 e. The highest BCUT2D eigenvalue weighted by Crippen LogP contribution is 2.45. The van der Waals surface area contributed by atoms with Gasteiger partial charge in [0.1, 0.15) is 0 Å². The minimum absolute atomic E-state index is 0.0233. The van der Waals surface area contributed by atoms with Crippen molar-refractivity contribution in [1.29, 1.82) is 0 Å². The van der Waals surface area contributed by atoms with E-state index in [1.54, 1.807) is 7.11 Å². The first-order valence-electron chi connectivity index (χ1n) is 6.66. The molecule has 1 saturated carbocycles. The lowest BCUT2D eigenvalue weighted by molar-refractivity contribution is -0.0996. The predicted octanol–water partition coefficient (Wildman–Crippen LogP) is 2.31. The maximum Gasteiger partial charge on any atom is 0.0886 e. The highest BCUT2D eigenvalue weighted by molar-refractivity contribution is 5.82. The van der Waals surface area contributed by atoms with Crippen molar-refractivity contribution in [3.63, 3.8) is 0 Å². The van der Waals surface area contributed by atoms with E-state index in [-0.39, 0.29) is 11.6 Å². The molecule has 3 N–H and O–H groups in total. The van der Waals surface area contributed by atoms with Gasteiger partial charge in [-0.25, -0.2) is 5.43 Å². The van der Waals surface area contributed by atoms with Crippen LogP contribution < -0.4 is 11.3 Å². The number of pyridine rings is 1. The van der Waals surface area contributed by atoms with E-state index in [4.69, 9.17) is 10.6 Å². The number of nitrogens with one attached hydrogen (secondary N) is 1. The lowest BCUT2D eigenvalue weighted by Crippen LogP contribution is -2.52. The first kappa shape index (κ1) is 12.5. The van der Waals surface area contributed by atoms with Gasteiger partial charge >= 0.3 is 0 Å². The number of para-hydroxylation sites is 1. The van der Waals surface area contributed by atoms with Crippen molar-refractivity contribution in [2.24, 2.45) is 5.84 Å². The fourth-order valence-corrected chi connectivity index (χ4v) is 3.02. The maximum atomic E-state index is 5.81. The zero-order valence-electron chi connectivity index (χ0n) is 11.1. The third-order valence-electron chi connectivity index (χ3n) is 4.27. The van der Waals surface area contributed by atoms with Crippen LogP contribution in [0.2, 0.25) is 0 Å². The van der Waals surface area contributed by atoms with Crippen LogP contribution in [0, 0.1) is 0 Å². The molecule has 0 aliphatic heterocycles. The molecule has 4 nitrogen and oxygen atoms in total. The monoisotopic (exact) mass is 257 g/mol. The summed E-state index contributed by atoms with van der Waals surface area (Å²) in [5.41, 5.74) is 4.85. The van der Waals surface area contributed by atoms with Crippen molar-refractivity contribution >= 4 is 10.9 Å². The van der Waals surface area contributed by atoms with Crippen LogP contribution in [0.15, 0.2) is 36.5 Å². The molecule has 0 bridgehead atoms. The zero-order chi connectivity index (χ0) is 13.3. The van der Waals surface area contributed by atoms with Crippen molar-refractivity contribution in [2.45, 2.75) is 30.9 Å². The first-order valence-corrected chi connectivity index (χ1v) is 6.66. The molecule has 0 saturated heterocycles. The number of ether oxygens (including phenoxy) is 1. The van der Waals surface area contributed by atoms with Gasteiger partial charge in [-0.05, 0) is 30.9 Å². The van der Waals surface area contributed by atoms with Crippen LogP contribution in [0.3, 0.4) is 0 Å². The minimum atomic E-state index is -0.194. The number of nitrogens with zero attached hydrogens (tertiary/aromatic N) is 1. The van der Waals surface area contributed by atoms with Crippen LogP contribution in [0.5, 0.6) is 0 Å². The Kier molecular flexibility index (Phi) is 3.22. The van der Waals surface area contributed by atoms with Crippen molar-refractivity contribution in [2.75, 3.05) is 7.11 Å². The Morgan fingerprint density at radius 3 is 2.74 bits per heavy atom. The number of fused-ring (bicyclic) bond motifs is 1. The molecule has 1 heterocycles. The van der Waals surface area contributed by atoms with Crippen LogP contribution in [0.1, 0.15) is 30.9 Å². The molecule has 1 unspecified atom stereocenters. The molecule has 1 aliphatic carbocycles. The Morgan fingerprint density at radius 2 is 2.11 bits per heavy atom. The van der Waals surface area contributed by atoms with E-state index in [2.05, 4.69) is 28.6 Å². The van der Waals surface area contributed by atoms with E-state index in [0.717, 1.165) is 29.3 Å². The molecule has 0 radical (unpaired) electrons. The summed E-state index contributed by atoms with van der Waals surface area (Å²) in [4.78, 5) is 4.51. The SMILES string of the molecule is COC1(C(NN)c2cccc3cccnc23)CCC1. The quantitative estimate of drug-likeness (QED) is 0.652. The number of benzene rings is 1. The highest BCUT2D eigenvalue weighted by atomic mass is 16.5. The Morgan fingerprint density at radius 1 is 1.32 bits per heavy atom. The van der Waals surface area contributed by atoms with Gasteiger partial charge in [0, 0.05) is 18.7 Å². The normalized spacial score (nSPS) is 19.1. The van der Waals surface area contributed by atoms with Crippen LogP contribution in [0.25, 0.3) is 10.9 Å². The molecule has 0 amide bonds. The smallest absolute Gasteiger partial charge is 0.0886 e. The summed E-state index contributed by atoms with van der Waals surface area (Å²) < 4.78 is 5.76. The fraction of sp³-hybridized carbons (Fsp3) is 0.400. The number of aromatic nitrogens is 1. The zero-order valence-corrected chi connectivity index (χ0v) is 11.1. The van der Waals surface area contributed by atoms with E-state index in [1.807, 2.05) is 18.3 Å². The van der Waals surface area contributed by atoms with Crippen molar-refractivity contribution < 1.29 is 4.74 Å². The van der Waals surface area contributed by atoms with Gasteiger partial charge in [0.2, 0.25) is 0 Å². The average Bonchev–Trinajstić information content (AvgIpc) is 2.42. The molecule has 1 fully saturated rings. The van der Waals surface area contributed by atoms with Gasteiger partial charge in [0.25, 0.3) is 0 Å². The molecule has 0 spiro atoms. The second-order valence-corrected chi connectivity index (χ2v) is 5.14. The number of nitrogens with two attached hydrogens (primary N) is 1. The molecule has 3 rings (SSSR count). The molecule has 1 aliphatic rings. The molecule has 19 heavy (non-hydrogen) atoms. The van der Waals surface area contributed by atoms with Gasteiger partial charge in [-0.2, -0.15) is 0 Å². The summed E-state index contributed by atoms with van der Waals surface area (Å²) in [6.07, 6.45) is 5.06. The largest absolute Gasteiger partial charge is 0.376 e. The summed E-state index contributed by atoms with van der Waals surface area (Å²) in [6.45, 7) is 0. The lowest BCUT2D eigenvalue weighted by Gasteiger charge is -2.46. The maximum absolute atomic E-state index is 5.81. The lowest BCUT2D eigenvalue weighted by atomic mass is 9.72. The molecular formula is C15H19N3O.